The molecule has 0 bridgehead atoms. The average molecular weight is 335 g/mol. The van der Waals surface area contributed by atoms with Gasteiger partial charge in [0.05, 0.1) is 0 Å². The van der Waals surface area contributed by atoms with Crippen LogP contribution < -0.4 is 22.1 Å². The van der Waals surface area contributed by atoms with Crippen molar-refractivity contribution in [1.82, 2.24) is 15.5 Å². The number of hydrogen-bond acceptors (Lipinski definition) is 5. The first kappa shape index (κ1) is 20.1. The number of hydrogen-bond donors (Lipinski definition) is 4. The molecule has 134 valence electrons. The first-order chi connectivity index (χ1) is 11.7. The van der Waals surface area contributed by atoms with E-state index in [0.29, 0.717) is 58.7 Å². The van der Waals surface area contributed by atoms with Gasteiger partial charge in [-0.25, -0.2) is 0 Å². The van der Waals surface area contributed by atoms with Gasteiger partial charge in [0.15, 0.2) is 0 Å². The lowest BCUT2D eigenvalue weighted by atomic mass is 10.2. The fourth-order valence-electron chi connectivity index (χ4n) is 2.23. The molecule has 0 aliphatic carbocycles. The number of rotatable bonds is 12. The fourth-order valence-corrected chi connectivity index (χ4v) is 2.23. The first-order valence-corrected chi connectivity index (χ1v) is 8.35. The number of nitrogens with two attached hydrogens (primary N) is 2. The monoisotopic (exact) mass is 335 g/mol. The molecule has 1 aromatic rings. The van der Waals surface area contributed by atoms with E-state index in [-0.39, 0.29) is 11.8 Å². The number of carbonyl (C=O) groups is 2. The molecule has 0 unspecified atom stereocenters. The standard InChI is InChI=1S/C17H29N5O2/c18-8-10-20-16(23)6-12-22(13-7-17(24)21-11-9-19)14-15-4-2-1-3-5-15/h1-5H,6-14,18-19H2,(H,20,23)(H,21,24). The summed E-state index contributed by atoms with van der Waals surface area (Å²) >= 11 is 0. The zero-order chi connectivity index (χ0) is 17.6. The maximum Gasteiger partial charge on any atom is 0.221 e. The zero-order valence-corrected chi connectivity index (χ0v) is 14.2. The predicted molar refractivity (Wildman–Crippen MR) is 95.1 cm³/mol. The van der Waals surface area contributed by atoms with Crippen LogP contribution in [0.25, 0.3) is 0 Å². The Labute approximate surface area is 143 Å². The Kier molecular flexibility index (Phi) is 10.4. The van der Waals surface area contributed by atoms with E-state index in [1.807, 2.05) is 30.3 Å². The van der Waals surface area contributed by atoms with E-state index in [1.165, 1.54) is 0 Å². The highest BCUT2D eigenvalue weighted by molar-refractivity contribution is 5.76. The van der Waals surface area contributed by atoms with E-state index >= 15 is 0 Å². The van der Waals surface area contributed by atoms with Gasteiger partial charge in [-0.05, 0) is 5.56 Å². The molecule has 0 aliphatic heterocycles. The van der Waals surface area contributed by atoms with E-state index in [1.54, 1.807) is 0 Å². The fraction of sp³-hybridized carbons (Fsp3) is 0.529. The molecule has 0 saturated carbocycles. The minimum absolute atomic E-state index is 0.0221. The smallest absolute Gasteiger partial charge is 0.221 e. The summed E-state index contributed by atoms with van der Waals surface area (Å²) in [7, 11) is 0. The Morgan fingerprint density at radius 2 is 1.38 bits per heavy atom. The van der Waals surface area contributed by atoms with Crippen LogP contribution in [0, 0.1) is 0 Å². The third-order valence-corrected chi connectivity index (χ3v) is 3.49. The highest BCUT2D eigenvalue weighted by atomic mass is 16.2. The summed E-state index contributed by atoms with van der Waals surface area (Å²) in [5, 5.41) is 5.52. The second kappa shape index (κ2) is 12.5. The molecule has 0 heterocycles. The summed E-state index contributed by atoms with van der Waals surface area (Å²) in [5.74, 6) is -0.0443. The van der Waals surface area contributed by atoms with Crippen LogP contribution in [0.5, 0.6) is 0 Å². The summed E-state index contributed by atoms with van der Waals surface area (Å²) in [5.41, 5.74) is 11.9. The lowest BCUT2D eigenvalue weighted by molar-refractivity contribution is -0.121. The second-order valence-electron chi connectivity index (χ2n) is 5.54. The van der Waals surface area contributed by atoms with E-state index in [4.69, 9.17) is 11.5 Å². The van der Waals surface area contributed by atoms with Gasteiger partial charge in [-0.3, -0.25) is 14.5 Å². The van der Waals surface area contributed by atoms with Gasteiger partial charge in [0, 0.05) is 58.7 Å². The largest absolute Gasteiger partial charge is 0.355 e. The van der Waals surface area contributed by atoms with Crippen LogP contribution in [0.3, 0.4) is 0 Å². The quantitative estimate of drug-likeness (QED) is 0.408. The molecule has 0 radical (unpaired) electrons. The van der Waals surface area contributed by atoms with Gasteiger partial charge in [-0.2, -0.15) is 0 Å². The maximum absolute atomic E-state index is 11.8. The molecule has 6 N–H and O–H groups in total. The van der Waals surface area contributed by atoms with E-state index in [2.05, 4.69) is 15.5 Å². The molecule has 1 rings (SSSR count). The molecule has 0 atom stereocenters. The van der Waals surface area contributed by atoms with E-state index in [0.717, 1.165) is 5.56 Å². The van der Waals surface area contributed by atoms with Gasteiger partial charge in [-0.1, -0.05) is 30.3 Å². The van der Waals surface area contributed by atoms with Gasteiger partial charge >= 0.3 is 0 Å². The minimum atomic E-state index is -0.0221. The van der Waals surface area contributed by atoms with Crippen molar-refractivity contribution < 1.29 is 9.59 Å². The SMILES string of the molecule is NCCNC(=O)CCN(CCC(=O)NCCN)Cc1ccccc1. The van der Waals surface area contributed by atoms with Crippen LogP contribution in [0.2, 0.25) is 0 Å². The van der Waals surface area contributed by atoms with E-state index < -0.39 is 0 Å². The van der Waals surface area contributed by atoms with Crippen molar-refractivity contribution in [3.05, 3.63) is 35.9 Å². The highest BCUT2D eigenvalue weighted by Gasteiger charge is 2.11. The normalized spacial score (nSPS) is 10.6. The number of nitrogens with zero attached hydrogens (tertiary/aromatic N) is 1. The Bertz CT molecular complexity index is 457. The summed E-state index contributed by atoms with van der Waals surface area (Å²) < 4.78 is 0. The van der Waals surface area contributed by atoms with Gasteiger partial charge in [-0.15, -0.1) is 0 Å². The van der Waals surface area contributed by atoms with Crippen molar-refractivity contribution in [3.63, 3.8) is 0 Å². The summed E-state index contributed by atoms with van der Waals surface area (Å²) in [6.07, 6.45) is 0.772. The molecule has 1 aromatic carbocycles. The predicted octanol–water partition coefficient (Wildman–Crippen LogP) is -0.581. The summed E-state index contributed by atoms with van der Waals surface area (Å²) in [6, 6.07) is 10.0. The van der Waals surface area contributed by atoms with Gasteiger partial charge in [0.1, 0.15) is 0 Å². The lowest BCUT2D eigenvalue weighted by Gasteiger charge is -2.22. The molecular formula is C17H29N5O2. The van der Waals surface area contributed by atoms with Crippen LogP contribution in [-0.4, -0.2) is 56.0 Å². The van der Waals surface area contributed by atoms with Gasteiger partial charge < -0.3 is 22.1 Å². The molecule has 24 heavy (non-hydrogen) atoms. The average Bonchev–Trinajstić information content (AvgIpc) is 2.61. The first-order valence-electron chi connectivity index (χ1n) is 8.35. The Balaban J connectivity index is 2.49. The minimum Gasteiger partial charge on any atom is -0.355 e. The number of benzene rings is 1. The molecular weight excluding hydrogens is 306 g/mol. The molecule has 0 fully saturated rings. The topological polar surface area (TPSA) is 113 Å². The van der Waals surface area contributed by atoms with Crippen molar-refractivity contribution in [2.24, 2.45) is 11.5 Å². The number of amides is 2. The number of nitrogens with one attached hydrogen (secondary N) is 2. The van der Waals surface area contributed by atoms with Crippen molar-refractivity contribution in [1.29, 1.82) is 0 Å². The molecule has 0 spiro atoms. The molecule has 2 amide bonds. The van der Waals surface area contributed by atoms with Crippen LogP contribution in [0.15, 0.2) is 30.3 Å². The van der Waals surface area contributed by atoms with Crippen LogP contribution in [-0.2, 0) is 16.1 Å². The summed E-state index contributed by atoms with van der Waals surface area (Å²) in [4.78, 5) is 25.6. The van der Waals surface area contributed by atoms with Crippen molar-refractivity contribution in [2.75, 3.05) is 39.3 Å². The maximum atomic E-state index is 11.8. The number of carbonyl (C=O) groups excluding carboxylic acids is 2. The van der Waals surface area contributed by atoms with Crippen LogP contribution in [0.1, 0.15) is 18.4 Å². The van der Waals surface area contributed by atoms with Gasteiger partial charge in [0.2, 0.25) is 11.8 Å². The van der Waals surface area contributed by atoms with Crippen molar-refractivity contribution in [2.45, 2.75) is 19.4 Å². The van der Waals surface area contributed by atoms with Crippen molar-refractivity contribution in [3.8, 4) is 0 Å². The van der Waals surface area contributed by atoms with Crippen LogP contribution in [0.4, 0.5) is 0 Å². The molecule has 0 aliphatic rings. The molecule has 0 aromatic heterocycles. The second-order valence-corrected chi connectivity index (χ2v) is 5.54. The summed E-state index contributed by atoms with van der Waals surface area (Å²) in [6.45, 7) is 3.72. The Morgan fingerprint density at radius 3 is 1.83 bits per heavy atom. The molecule has 0 saturated heterocycles. The third-order valence-electron chi connectivity index (χ3n) is 3.49. The Hall–Kier alpha value is -1.96. The van der Waals surface area contributed by atoms with Crippen molar-refractivity contribution >= 4 is 11.8 Å². The Morgan fingerprint density at radius 1 is 0.875 bits per heavy atom. The zero-order valence-electron chi connectivity index (χ0n) is 14.2. The lowest BCUT2D eigenvalue weighted by Crippen LogP contribution is -2.36. The van der Waals surface area contributed by atoms with E-state index in [9.17, 15) is 9.59 Å². The third kappa shape index (κ3) is 9.24. The molecule has 7 heteroatoms. The van der Waals surface area contributed by atoms with Crippen LogP contribution >= 0.6 is 0 Å². The van der Waals surface area contributed by atoms with Gasteiger partial charge in [0.25, 0.3) is 0 Å². The highest BCUT2D eigenvalue weighted by Crippen LogP contribution is 2.06. The molecule has 7 nitrogen and oxygen atoms in total.